The number of hydrogen-bond donors (Lipinski definition) is 1. The lowest BCUT2D eigenvalue weighted by atomic mass is 9.38. The van der Waals surface area contributed by atoms with Gasteiger partial charge in [0.1, 0.15) is 0 Å². The summed E-state index contributed by atoms with van der Waals surface area (Å²) < 4.78 is 0. The topological polar surface area (TPSA) is 32.3 Å². The van der Waals surface area contributed by atoms with Gasteiger partial charge in [-0.25, -0.2) is 0 Å². The highest BCUT2D eigenvalue weighted by Gasteiger charge is 2.66. The normalized spacial score (nSPS) is 43.2. The molecule has 28 heavy (non-hydrogen) atoms. The summed E-state index contributed by atoms with van der Waals surface area (Å²) in [6.45, 7) is 6.79. The maximum atomic E-state index is 13.9. The monoisotopic (exact) mass is 378 g/mol. The standard InChI is InChI=1S/C25H34N2O/c1-22-11-19-12-24(14-22,20-5-3-2-4-6-20)16-25(13-19,15-22)21(28)27-17-23(18-27)7-9-26-10-8-23/h2-6,19,26H,7-18H2,1H3. The Morgan fingerprint density at radius 2 is 1.75 bits per heavy atom. The quantitative estimate of drug-likeness (QED) is 0.839. The lowest BCUT2D eigenvalue weighted by molar-refractivity contribution is -0.182. The molecule has 6 aliphatic rings. The minimum absolute atomic E-state index is 0.0848. The van der Waals surface area contributed by atoms with Crippen molar-refractivity contribution >= 4 is 5.91 Å². The number of carbonyl (C=O) groups excluding carboxylic acids is 1. The van der Waals surface area contributed by atoms with Gasteiger partial charge in [-0.2, -0.15) is 0 Å². The highest BCUT2D eigenvalue weighted by atomic mass is 16.2. The van der Waals surface area contributed by atoms with Gasteiger partial charge in [-0.05, 0) is 86.8 Å². The molecule has 150 valence electrons. The molecule has 1 N–H and O–H groups in total. The van der Waals surface area contributed by atoms with Crippen molar-refractivity contribution in [2.24, 2.45) is 22.2 Å². The lowest BCUT2D eigenvalue weighted by Gasteiger charge is -2.67. The van der Waals surface area contributed by atoms with Crippen LogP contribution in [0.25, 0.3) is 0 Å². The van der Waals surface area contributed by atoms with Gasteiger partial charge in [0.2, 0.25) is 5.91 Å². The van der Waals surface area contributed by atoms with Crippen LogP contribution in [0.2, 0.25) is 0 Å². The summed E-state index contributed by atoms with van der Waals surface area (Å²) >= 11 is 0. The van der Waals surface area contributed by atoms with Gasteiger partial charge >= 0.3 is 0 Å². The molecule has 2 saturated heterocycles. The molecule has 2 aliphatic heterocycles. The molecule has 1 spiro atoms. The number of carbonyl (C=O) groups is 1. The molecule has 4 unspecified atom stereocenters. The summed E-state index contributed by atoms with van der Waals surface area (Å²) in [6, 6.07) is 11.2. The molecule has 0 radical (unpaired) electrons. The number of nitrogens with one attached hydrogen (secondary N) is 1. The Morgan fingerprint density at radius 1 is 1.00 bits per heavy atom. The zero-order valence-electron chi connectivity index (χ0n) is 17.3. The number of piperidine rings is 1. The van der Waals surface area contributed by atoms with E-state index in [2.05, 4.69) is 47.5 Å². The van der Waals surface area contributed by atoms with Crippen molar-refractivity contribution in [3.05, 3.63) is 35.9 Å². The van der Waals surface area contributed by atoms with E-state index in [1.54, 1.807) is 0 Å². The van der Waals surface area contributed by atoms with E-state index in [1.807, 2.05) is 0 Å². The molecule has 6 fully saturated rings. The van der Waals surface area contributed by atoms with Gasteiger partial charge in [0.05, 0.1) is 5.41 Å². The summed E-state index contributed by atoms with van der Waals surface area (Å²) in [5.41, 5.74) is 2.44. The summed E-state index contributed by atoms with van der Waals surface area (Å²) in [6.07, 6.45) is 9.81. The van der Waals surface area contributed by atoms with Gasteiger partial charge in [-0.1, -0.05) is 37.3 Å². The molecule has 3 heteroatoms. The van der Waals surface area contributed by atoms with E-state index < -0.39 is 0 Å². The molecule has 4 saturated carbocycles. The average Bonchev–Trinajstić information content (AvgIpc) is 2.65. The molecule has 0 aromatic heterocycles. The van der Waals surface area contributed by atoms with Crippen molar-refractivity contribution in [2.45, 2.75) is 63.7 Å². The number of nitrogens with zero attached hydrogens (tertiary/aromatic N) is 1. The zero-order valence-corrected chi connectivity index (χ0v) is 17.3. The fourth-order valence-electron chi connectivity index (χ4n) is 8.79. The first kappa shape index (κ1) is 17.5. The molecule has 2 heterocycles. The van der Waals surface area contributed by atoms with E-state index >= 15 is 0 Å². The van der Waals surface area contributed by atoms with Gasteiger partial charge < -0.3 is 10.2 Å². The molecule has 1 aromatic carbocycles. The Kier molecular flexibility index (Phi) is 3.51. The zero-order chi connectivity index (χ0) is 19.0. The molecule has 1 amide bonds. The van der Waals surface area contributed by atoms with E-state index in [0.717, 1.165) is 51.4 Å². The van der Waals surface area contributed by atoms with Crippen LogP contribution < -0.4 is 5.32 Å². The van der Waals surface area contributed by atoms with Crippen molar-refractivity contribution < 1.29 is 4.79 Å². The molecule has 4 atom stereocenters. The van der Waals surface area contributed by atoms with E-state index in [0.29, 0.717) is 16.7 Å². The van der Waals surface area contributed by atoms with E-state index in [4.69, 9.17) is 0 Å². The highest BCUT2D eigenvalue weighted by molar-refractivity contribution is 5.84. The molecule has 4 bridgehead atoms. The Labute approximate surface area is 169 Å². The first-order chi connectivity index (χ1) is 13.4. The fourth-order valence-corrected chi connectivity index (χ4v) is 8.79. The minimum atomic E-state index is -0.0848. The summed E-state index contributed by atoms with van der Waals surface area (Å²) in [5, 5.41) is 3.49. The van der Waals surface area contributed by atoms with Crippen molar-refractivity contribution in [3.63, 3.8) is 0 Å². The predicted molar refractivity (Wildman–Crippen MR) is 111 cm³/mol. The van der Waals surface area contributed by atoms with E-state index in [9.17, 15) is 4.79 Å². The molecule has 4 aliphatic carbocycles. The second-order valence-corrected chi connectivity index (χ2v) is 11.7. The van der Waals surface area contributed by atoms with Gasteiger partial charge in [-0.3, -0.25) is 4.79 Å². The first-order valence-corrected chi connectivity index (χ1v) is 11.5. The van der Waals surface area contributed by atoms with Crippen LogP contribution in [-0.2, 0) is 10.2 Å². The third kappa shape index (κ3) is 2.41. The second-order valence-electron chi connectivity index (χ2n) is 11.7. The summed E-state index contributed by atoms with van der Waals surface area (Å²) in [4.78, 5) is 16.2. The average molecular weight is 379 g/mol. The Balaban J connectivity index is 1.30. The molecule has 3 nitrogen and oxygen atoms in total. The largest absolute Gasteiger partial charge is 0.341 e. The predicted octanol–water partition coefficient (Wildman–Crippen LogP) is 4.13. The van der Waals surface area contributed by atoms with Crippen molar-refractivity contribution in [1.29, 1.82) is 0 Å². The van der Waals surface area contributed by atoms with Gasteiger partial charge in [0.15, 0.2) is 0 Å². The van der Waals surface area contributed by atoms with Gasteiger partial charge in [-0.15, -0.1) is 0 Å². The van der Waals surface area contributed by atoms with Crippen LogP contribution in [-0.4, -0.2) is 37.0 Å². The van der Waals surface area contributed by atoms with Crippen molar-refractivity contribution in [2.75, 3.05) is 26.2 Å². The maximum Gasteiger partial charge on any atom is 0.228 e. The van der Waals surface area contributed by atoms with Crippen LogP contribution >= 0.6 is 0 Å². The summed E-state index contributed by atoms with van der Waals surface area (Å²) in [5.74, 6) is 1.26. The number of benzene rings is 1. The third-order valence-electron chi connectivity index (χ3n) is 9.19. The van der Waals surface area contributed by atoms with Crippen LogP contribution in [0.3, 0.4) is 0 Å². The van der Waals surface area contributed by atoms with Crippen molar-refractivity contribution in [1.82, 2.24) is 10.2 Å². The van der Waals surface area contributed by atoms with Crippen LogP contribution in [0.1, 0.15) is 63.9 Å². The Bertz CT molecular complexity index is 792. The van der Waals surface area contributed by atoms with Gasteiger partial charge in [0, 0.05) is 18.5 Å². The second kappa shape index (κ2) is 5.62. The molecular formula is C25H34N2O. The van der Waals surface area contributed by atoms with Crippen LogP contribution in [0.15, 0.2) is 30.3 Å². The number of rotatable bonds is 2. The lowest BCUT2D eigenvalue weighted by Crippen LogP contribution is -2.68. The first-order valence-electron chi connectivity index (χ1n) is 11.5. The van der Waals surface area contributed by atoms with Crippen LogP contribution in [0.4, 0.5) is 0 Å². The maximum absolute atomic E-state index is 13.9. The summed E-state index contributed by atoms with van der Waals surface area (Å²) in [7, 11) is 0. The van der Waals surface area contributed by atoms with Gasteiger partial charge in [0.25, 0.3) is 0 Å². The van der Waals surface area contributed by atoms with E-state index in [-0.39, 0.29) is 10.8 Å². The Morgan fingerprint density at radius 3 is 2.46 bits per heavy atom. The molecular weight excluding hydrogens is 344 g/mol. The SMILES string of the molecule is CC12CC3CC(C(=O)N4CC5(CCNCC5)C4)(C1)CC(c1ccccc1)(C3)C2. The van der Waals surface area contributed by atoms with Crippen LogP contribution in [0, 0.1) is 22.2 Å². The fraction of sp³-hybridized carbons (Fsp3) is 0.720. The smallest absolute Gasteiger partial charge is 0.228 e. The highest BCUT2D eigenvalue weighted by Crippen LogP contribution is 2.70. The van der Waals surface area contributed by atoms with E-state index in [1.165, 1.54) is 37.7 Å². The van der Waals surface area contributed by atoms with Crippen molar-refractivity contribution in [3.8, 4) is 0 Å². The van der Waals surface area contributed by atoms with Crippen LogP contribution in [0.5, 0.6) is 0 Å². The number of hydrogen-bond acceptors (Lipinski definition) is 2. The molecule has 1 aromatic rings. The number of likely N-dealkylation sites (tertiary alicyclic amines) is 1. The molecule has 7 rings (SSSR count). The number of amides is 1. The third-order valence-corrected chi connectivity index (χ3v) is 9.19. The minimum Gasteiger partial charge on any atom is -0.341 e. The Hall–Kier alpha value is -1.35.